The zero-order chi connectivity index (χ0) is 13.0. The molecule has 2 aromatic carbocycles. The van der Waals surface area contributed by atoms with Crippen LogP contribution in [0.2, 0.25) is 0 Å². The molecular formula is C14H11BrF2O. The van der Waals surface area contributed by atoms with Gasteiger partial charge in [0.25, 0.3) is 0 Å². The minimum Gasteiger partial charge on any atom is -0.493 e. The van der Waals surface area contributed by atoms with Crippen LogP contribution in [0, 0.1) is 11.6 Å². The topological polar surface area (TPSA) is 9.23 Å². The van der Waals surface area contributed by atoms with Gasteiger partial charge in [-0.15, -0.1) is 0 Å². The Morgan fingerprint density at radius 1 is 1.00 bits per heavy atom. The molecule has 0 N–H and O–H groups in total. The Hall–Kier alpha value is -1.42. The molecule has 0 spiro atoms. The quantitative estimate of drug-likeness (QED) is 0.760. The first kappa shape index (κ1) is 13.0. The predicted molar refractivity (Wildman–Crippen MR) is 71.1 cm³/mol. The van der Waals surface area contributed by atoms with E-state index in [2.05, 4.69) is 15.9 Å². The van der Waals surface area contributed by atoms with Crippen molar-refractivity contribution in [1.82, 2.24) is 0 Å². The number of hydrogen-bond acceptors (Lipinski definition) is 1. The molecule has 0 aliphatic carbocycles. The number of halogens is 3. The van der Waals surface area contributed by atoms with Crippen molar-refractivity contribution in [3.05, 3.63) is 54.1 Å². The van der Waals surface area contributed by atoms with Crippen LogP contribution in [-0.2, 0) is 0 Å². The van der Waals surface area contributed by atoms with Gasteiger partial charge in [0.2, 0.25) is 0 Å². The van der Waals surface area contributed by atoms with Gasteiger partial charge >= 0.3 is 0 Å². The largest absolute Gasteiger partial charge is 0.493 e. The number of alkyl halides is 1. The van der Waals surface area contributed by atoms with E-state index in [0.717, 1.165) is 17.1 Å². The molecule has 4 heteroatoms. The molecular weight excluding hydrogens is 302 g/mol. The van der Waals surface area contributed by atoms with Crippen LogP contribution in [0.3, 0.4) is 0 Å². The Kier molecular flexibility index (Phi) is 4.31. The zero-order valence-corrected chi connectivity index (χ0v) is 11.1. The smallest absolute Gasteiger partial charge is 0.133 e. The first-order valence-corrected chi connectivity index (χ1v) is 6.57. The fourth-order valence-corrected chi connectivity index (χ4v) is 1.77. The Bertz CT molecular complexity index is 526. The summed E-state index contributed by atoms with van der Waals surface area (Å²) >= 11 is 3.26. The lowest BCUT2D eigenvalue weighted by Crippen LogP contribution is -1.97. The molecule has 0 radical (unpaired) electrons. The summed E-state index contributed by atoms with van der Waals surface area (Å²) in [5, 5.41) is 0.751. The van der Waals surface area contributed by atoms with E-state index in [0.29, 0.717) is 17.7 Å². The van der Waals surface area contributed by atoms with Crippen molar-refractivity contribution in [2.24, 2.45) is 0 Å². The first-order chi connectivity index (χ1) is 8.70. The van der Waals surface area contributed by atoms with E-state index >= 15 is 0 Å². The maximum atomic E-state index is 13.6. The van der Waals surface area contributed by atoms with Crippen molar-refractivity contribution >= 4 is 15.9 Å². The highest BCUT2D eigenvalue weighted by molar-refractivity contribution is 9.09. The summed E-state index contributed by atoms with van der Waals surface area (Å²) in [5.74, 6) is -0.418. The van der Waals surface area contributed by atoms with Gasteiger partial charge in [-0.2, -0.15) is 0 Å². The van der Waals surface area contributed by atoms with Gasteiger partial charge in [-0.3, -0.25) is 0 Å². The third kappa shape index (κ3) is 3.07. The van der Waals surface area contributed by atoms with Crippen LogP contribution in [-0.4, -0.2) is 11.9 Å². The monoisotopic (exact) mass is 312 g/mol. The van der Waals surface area contributed by atoms with Crippen LogP contribution < -0.4 is 4.74 Å². The minimum absolute atomic E-state index is 0.378. The number of ether oxygens (including phenoxy) is 1. The van der Waals surface area contributed by atoms with Crippen LogP contribution in [0.5, 0.6) is 5.75 Å². The molecule has 0 unspecified atom stereocenters. The van der Waals surface area contributed by atoms with Crippen LogP contribution in [0.15, 0.2) is 42.5 Å². The number of rotatable bonds is 4. The van der Waals surface area contributed by atoms with Gasteiger partial charge in [-0.05, 0) is 29.8 Å². The minimum atomic E-state index is -0.575. The van der Waals surface area contributed by atoms with E-state index in [1.165, 1.54) is 12.1 Å². The number of benzene rings is 2. The second-order valence-corrected chi connectivity index (χ2v) is 4.48. The lowest BCUT2D eigenvalue weighted by atomic mass is 10.1. The Morgan fingerprint density at radius 2 is 1.72 bits per heavy atom. The van der Waals surface area contributed by atoms with Gasteiger partial charge in [0.15, 0.2) is 0 Å². The van der Waals surface area contributed by atoms with Gasteiger partial charge in [0.1, 0.15) is 17.4 Å². The zero-order valence-electron chi connectivity index (χ0n) is 9.50. The standard InChI is InChI=1S/C14H11BrF2O/c15-7-8-18-12-4-1-10(2-5-12)13-6-3-11(16)9-14(13)17/h1-6,9H,7-8H2. The molecule has 2 rings (SSSR count). The Labute approximate surface area is 113 Å². The molecule has 0 atom stereocenters. The molecule has 2 aromatic rings. The van der Waals surface area contributed by atoms with Crippen molar-refractivity contribution in [3.8, 4) is 16.9 Å². The molecule has 0 aliphatic heterocycles. The molecule has 1 nitrogen and oxygen atoms in total. The van der Waals surface area contributed by atoms with Gasteiger partial charge in [-0.1, -0.05) is 28.1 Å². The molecule has 0 saturated carbocycles. The van der Waals surface area contributed by atoms with Crippen LogP contribution >= 0.6 is 15.9 Å². The Balaban J connectivity index is 2.23. The molecule has 0 bridgehead atoms. The van der Waals surface area contributed by atoms with Crippen molar-refractivity contribution in [2.45, 2.75) is 0 Å². The summed E-state index contributed by atoms with van der Waals surface area (Å²) in [6.07, 6.45) is 0. The third-order valence-electron chi connectivity index (χ3n) is 2.44. The number of hydrogen-bond donors (Lipinski definition) is 0. The highest BCUT2D eigenvalue weighted by Gasteiger charge is 2.06. The normalized spacial score (nSPS) is 10.4. The van der Waals surface area contributed by atoms with Gasteiger partial charge in [0, 0.05) is 17.0 Å². The molecule has 0 heterocycles. The van der Waals surface area contributed by atoms with Gasteiger partial charge in [0.05, 0.1) is 6.61 Å². The molecule has 0 aliphatic rings. The first-order valence-electron chi connectivity index (χ1n) is 5.45. The maximum Gasteiger partial charge on any atom is 0.133 e. The second kappa shape index (κ2) is 5.96. The van der Waals surface area contributed by atoms with Crippen LogP contribution in [0.1, 0.15) is 0 Å². The summed E-state index contributed by atoms with van der Waals surface area (Å²) in [7, 11) is 0. The summed E-state index contributed by atoms with van der Waals surface area (Å²) in [5.41, 5.74) is 1.07. The molecule has 0 aromatic heterocycles. The van der Waals surface area contributed by atoms with Crippen LogP contribution in [0.25, 0.3) is 11.1 Å². The molecule has 94 valence electrons. The van der Waals surface area contributed by atoms with Gasteiger partial charge in [-0.25, -0.2) is 8.78 Å². The van der Waals surface area contributed by atoms with Crippen molar-refractivity contribution < 1.29 is 13.5 Å². The highest BCUT2D eigenvalue weighted by atomic mass is 79.9. The average molecular weight is 313 g/mol. The summed E-state index contributed by atoms with van der Waals surface area (Å²) in [6, 6.07) is 10.6. The average Bonchev–Trinajstić information content (AvgIpc) is 2.37. The fourth-order valence-electron chi connectivity index (χ4n) is 1.61. The van der Waals surface area contributed by atoms with E-state index in [1.807, 2.05) is 0 Å². The summed E-state index contributed by atoms with van der Waals surface area (Å²) in [6.45, 7) is 0.574. The fraction of sp³-hybridized carbons (Fsp3) is 0.143. The highest BCUT2D eigenvalue weighted by Crippen LogP contribution is 2.25. The maximum absolute atomic E-state index is 13.6. The molecule has 0 saturated heterocycles. The van der Waals surface area contributed by atoms with Crippen molar-refractivity contribution in [2.75, 3.05) is 11.9 Å². The van der Waals surface area contributed by atoms with E-state index in [-0.39, 0.29) is 0 Å². The molecule has 0 fully saturated rings. The predicted octanol–water partition coefficient (Wildman–Crippen LogP) is 4.41. The SMILES string of the molecule is Fc1ccc(-c2ccc(OCCBr)cc2)c(F)c1. The lowest BCUT2D eigenvalue weighted by Gasteiger charge is -2.06. The van der Waals surface area contributed by atoms with E-state index in [4.69, 9.17) is 4.74 Å². The molecule has 18 heavy (non-hydrogen) atoms. The second-order valence-electron chi connectivity index (χ2n) is 3.69. The lowest BCUT2D eigenvalue weighted by molar-refractivity contribution is 0.345. The Morgan fingerprint density at radius 3 is 2.33 bits per heavy atom. The van der Waals surface area contributed by atoms with E-state index in [1.54, 1.807) is 24.3 Å². The summed E-state index contributed by atoms with van der Waals surface area (Å²) < 4.78 is 31.8. The van der Waals surface area contributed by atoms with E-state index in [9.17, 15) is 8.78 Å². The molecule has 0 amide bonds. The van der Waals surface area contributed by atoms with Crippen molar-refractivity contribution in [3.63, 3.8) is 0 Å². The van der Waals surface area contributed by atoms with Crippen molar-refractivity contribution in [1.29, 1.82) is 0 Å². The third-order valence-corrected chi connectivity index (χ3v) is 2.77. The summed E-state index contributed by atoms with van der Waals surface area (Å²) in [4.78, 5) is 0. The van der Waals surface area contributed by atoms with E-state index < -0.39 is 11.6 Å². The van der Waals surface area contributed by atoms with Crippen LogP contribution in [0.4, 0.5) is 8.78 Å². The van der Waals surface area contributed by atoms with Gasteiger partial charge < -0.3 is 4.74 Å².